The molecule has 0 saturated heterocycles. The van der Waals surface area contributed by atoms with Crippen molar-refractivity contribution in [2.24, 2.45) is 5.73 Å². The lowest BCUT2D eigenvalue weighted by atomic mass is 10.1. The largest absolute Gasteiger partial charge is 0.390 e. The van der Waals surface area contributed by atoms with Crippen LogP contribution in [0.5, 0.6) is 0 Å². The lowest BCUT2D eigenvalue weighted by Crippen LogP contribution is -2.44. The van der Waals surface area contributed by atoms with Crippen LogP contribution in [0.25, 0.3) is 0 Å². The van der Waals surface area contributed by atoms with Crippen molar-refractivity contribution in [3.8, 4) is 0 Å². The molecule has 106 valence electrons. The van der Waals surface area contributed by atoms with Gasteiger partial charge in [-0.25, -0.2) is 0 Å². The molecule has 0 bridgehead atoms. The third kappa shape index (κ3) is 5.74. The molecule has 6 heteroatoms. The van der Waals surface area contributed by atoms with Crippen LogP contribution in [0.1, 0.15) is 12.0 Å². The average molecular weight is 274 g/mol. The van der Waals surface area contributed by atoms with E-state index in [0.717, 1.165) is 10.5 Å². The number of nitrogens with two attached hydrogens (primary N) is 1. The van der Waals surface area contributed by atoms with E-state index in [4.69, 9.17) is 5.73 Å². The Morgan fingerprint density at radius 3 is 2.42 bits per heavy atom. The van der Waals surface area contributed by atoms with Crippen molar-refractivity contribution in [1.82, 2.24) is 4.90 Å². The van der Waals surface area contributed by atoms with Crippen LogP contribution in [-0.4, -0.2) is 36.6 Å². The minimum atomic E-state index is -4.27. The van der Waals surface area contributed by atoms with Crippen molar-refractivity contribution in [2.45, 2.75) is 25.1 Å². The number of halogens is 3. The highest BCUT2D eigenvalue weighted by Crippen LogP contribution is 2.19. The van der Waals surface area contributed by atoms with Crippen molar-refractivity contribution >= 4 is 5.91 Å². The second-order valence-electron chi connectivity index (χ2n) is 4.42. The quantitative estimate of drug-likeness (QED) is 0.892. The van der Waals surface area contributed by atoms with E-state index in [1.165, 1.54) is 7.05 Å². The minimum absolute atomic E-state index is 0.316. The van der Waals surface area contributed by atoms with E-state index in [1.807, 2.05) is 30.3 Å². The minimum Gasteiger partial charge on any atom is -0.344 e. The Labute approximate surface area is 110 Å². The third-order valence-corrected chi connectivity index (χ3v) is 2.72. The van der Waals surface area contributed by atoms with Gasteiger partial charge in [0.1, 0.15) is 0 Å². The lowest BCUT2D eigenvalue weighted by Gasteiger charge is -2.22. The number of amides is 1. The fraction of sp³-hybridized carbons (Fsp3) is 0.462. The van der Waals surface area contributed by atoms with Crippen LogP contribution in [0, 0.1) is 0 Å². The zero-order chi connectivity index (χ0) is 14.5. The second kappa shape index (κ2) is 6.56. The molecule has 1 aromatic rings. The van der Waals surface area contributed by atoms with Crippen molar-refractivity contribution in [2.75, 3.05) is 13.6 Å². The lowest BCUT2D eigenvalue weighted by molar-refractivity contribution is -0.144. The zero-order valence-electron chi connectivity index (χ0n) is 10.7. The summed E-state index contributed by atoms with van der Waals surface area (Å²) in [6.45, 7) is -0.370. The summed E-state index contributed by atoms with van der Waals surface area (Å²) in [6.07, 6.45) is -4.97. The van der Waals surface area contributed by atoms with Gasteiger partial charge >= 0.3 is 6.18 Å². The van der Waals surface area contributed by atoms with Crippen LogP contribution in [-0.2, 0) is 11.2 Å². The predicted molar refractivity (Wildman–Crippen MR) is 66.4 cm³/mol. The molecule has 0 unspecified atom stereocenters. The molecule has 0 fully saturated rings. The first-order valence-electron chi connectivity index (χ1n) is 5.91. The Bertz CT molecular complexity index is 406. The van der Waals surface area contributed by atoms with Crippen LogP contribution in [0.4, 0.5) is 13.2 Å². The summed E-state index contributed by atoms with van der Waals surface area (Å²) in [5.41, 5.74) is 6.60. The second-order valence-corrected chi connectivity index (χ2v) is 4.42. The molecule has 1 aromatic carbocycles. The summed E-state index contributed by atoms with van der Waals surface area (Å²) in [5.74, 6) is -0.479. The smallest absolute Gasteiger partial charge is 0.344 e. The normalized spacial score (nSPS) is 13.1. The molecule has 1 rings (SSSR count). The highest BCUT2D eigenvalue weighted by atomic mass is 19.4. The van der Waals surface area contributed by atoms with Crippen LogP contribution in [0.15, 0.2) is 30.3 Å². The maximum atomic E-state index is 12.1. The highest BCUT2D eigenvalue weighted by Gasteiger charge is 2.29. The van der Waals surface area contributed by atoms with Crippen molar-refractivity contribution in [1.29, 1.82) is 0 Å². The highest BCUT2D eigenvalue weighted by molar-refractivity contribution is 5.81. The van der Waals surface area contributed by atoms with Crippen LogP contribution in [0.2, 0.25) is 0 Å². The maximum absolute atomic E-state index is 12.1. The van der Waals surface area contributed by atoms with Gasteiger partial charge in [0.25, 0.3) is 0 Å². The van der Waals surface area contributed by atoms with Gasteiger partial charge in [0.2, 0.25) is 5.91 Å². The van der Waals surface area contributed by atoms with Gasteiger partial charge in [-0.1, -0.05) is 30.3 Å². The standard InChI is InChI=1S/C13H17F3N2O/c1-18(8-7-13(14,15)16)12(19)11(17)9-10-5-3-2-4-6-10/h2-6,11H,7-9,17H2,1H3/t11-/m0/s1. The number of hydrogen-bond acceptors (Lipinski definition) is 2. The summed E-state index contributed by atoms with van der Waals surface area (Å²) in [5, 5.41) is 0. The van der Waals surface area contributed by atoms with Gasteiger partial charge in [-0.05, 0) is 12.0 Å². The van der Waals surface area contributed by atoms with E-state index in [9.17, 15) is 18.0 Å². The molecule has 0 radical (unpaired) electrons. The van der Waals surface area contributed by atoms with E-state index < -0.39 is 24.5 Å². The van der Waals surface area contributed by atoms with Gasteiger partial charge in [0.05, 0.1) is 12.5 Å². The molecule has 3 nitrogen and oxygen atoms in total. The third-order valence-electron chi connectivity index (χ3n) is 2.72. The van der Waals surface area contributed by atoms with Crippen LogP contribution >= 0.6 is 0 Å². The topological polar surface area (TPSA) is 46.3 Å². The number of carbonyl (C=O) groups is 1. The van der Waals surface area contributed by atoms with Crippen LogP contribution in [0.3, 0.4) is 0 Å². The fourth-order valence-electron chi connectivity index (χ4n) is 1.64. The number of nitrogens with zero attached hydrogens (tertiary/aromatic N) is 1. The van der Waals surface area contributed by atoms with E-state index in [2.05, 4.69) is 0 Å². The number of likely N-dealkylation sites (N-methyl/N-ethyl adjacent to an activating group) is 1. The molecule has 0 aliphatic carbocycles. The molecule has 0 saturated carbocycles. The first kappa shape index (κ1) is 15.5. The van der Waals surface area contributed by atoms with Gasteiger partial charge in [-0.2, -0.15) is 13.2 Å². The maximum Gasteiger partial charge on any atom is 0.390 e. The van der Waals surface area contributed by atoms with Gasteiger partial charge in [0.15, 0.2) is 0 Å². The Morgan fingerprint density at radius 2 is 1.89 bits per heavy atom. The molecular formula is C13H17F3N2O. The summed E-state index contributed by atoms with van der Waals surface area (Å²) < 4.78 is 36.2. The molecular weight excluding hydrogens is 257 g/mol. The van der Waals surface area contributed by atoms with Crippen molar-refractivity contribution < 1.29 is 18.0 Å². The van der Waals surface area contributed by atoms with Crippen molar-refractivity contribution in [3.63, 3.8) is 0 Å². The molecule has 0 aromatic heterocycles. The SMILES string of the molecule is CN(CCC(F)(F)F)C(=O)[C@@H](N)Cc1ccccc1. The van der Waals surface area contributed by atoms with E-state index in [0.29, 0.717) is 6.42 Å². The zero-order valence-corrected chi connectivity index (χ0v) is 10.7. The number of rotatable bonds is 5. The Kier molecular flexibility index (Phi) is 5.35. The molecule has 1 amide bonds. The fourth-order valence-corrected chi connectivity index (χ4v) is 1.64. The van der Waals surface area contributed by atoms with Gasteiger partial charge < -0.3 is 10.6 Å². The first-order chi connectivity index (χ1) is 8.79. The van der Waals surface area contributed by atoms with Gasteiger partial charge in [-0.15, -0.1) is 0 Å². The monoisotopic (exact) mass is 274 g/mol. The first-order valence-corrected chi connectivity index (χ1v) is 5.91. The Balaban J connectivity index is 2.48. The molecule has 19 heavy (non-hydrogen) atoms. The molecule has 1 atom stereocenters. The van der Waals surface area contributed by atoms with Gasteiger partial charge in [-0.3, -0.25) is 4.79 Å². The average Bonchev–Trinajstić information content (AvgIpc) is 2.35. The molecule has 0 aliphatic rings. The molecule has 0 spiro atoms. The number of carbonyl (C=O) groups excluding carboxylic acids is 1. The molecule has 0 heterocycles. The van der Waals surface area contributed by atoms with E-state index in [-0.39, 0.29) is 6.54 Å². The number of alkyl halides is 3. The summed E-state index contributed by atoms with van der Waals surface area (Å²) in [6, 6.07) is 8.30. The van der Waals surface area contributed by atoms with E-state index >= 15 is 0 Å². The van der Waals surface area contributed by atoms with E-state index in [1.54, 1.807) is 0 Å². The molecule has 0 aliphatic heterocycles. The van der Waals surface area contributed by atoms with Crippen LogP contribution < -0.4 is 5.73 Å². The Hall–Kier alpha value is -1.56. The summed E-state index contributed by atoms with van der Waals surface area (Å²) >= 11 is 0. The number of hydrogen-bond donors (Lipinski definition) is 1. The Morgan fingerprint density at radius 1 is 1.32 bits per heavy atom. The van der Waals surface area contributed by atoms with Crippen molar-refractivity contribution in [3.05, 3.63) is 35.9 Å². The molecule has 2 N–H and O–H groups in total. The summed E-state index contributed by atoms with van der Waals surface area (Å²) in [7, 11) is 1.33. The van der Waals surface area contributed by atoms with Gasteiger partial charge in [0, 0.05) is 13.6 Å². The number of benzene rings is 1. The summed E-state index contributed by atoms with van der Waals surface area (Å²) in [4.78, 5) is 12.8. The predicted octanol–water partition coefficient (Wildman–Crippen LogP) is 1.97.